The highest BCUT2D eigenvalue weighted by atomic mass is 16.3. The van der Waals surface area contributed by atoms with Crippen LogP contribution >= 0.6 is 0 Å². The van der Waals surface area contributed by atoms with Crippen LogP contribution in [0.1, 0.15) is 24.5 Å². The Hall–Kier alpha value is -4.20. The van der Waals surface area contributed by atoms with Gasteiger partial charge in [-0.25, -0.2) is 0 Å². The number of nitrogens with one attached hydrogen (secondary N) is 2. The Kier molecular flexibility index (Phi) is 6.65. The SMILES string of the molecule is C[C@H](/C=C/CCO)[C@@]1(O)C(=O)N(c2ccccc2)c2ccc(NC(=O)Cc3c[nH]c4ccccc34)cc21. The van der Waals surface area contributed by atoms with Crippen molar-refractivity contribution in [2.75, 3.05) is 16.8 Å². The summed E-state index contributed by atoms with van der Waals surface area (Å²) in [6.45, 7) is 1.75. The Balaban J connectivity index is 1.48. The molecule has 3 aromatic carbocycles. The molecule has 4 N–H and O–H groups in total. The minimum atomic E-state index is -1.84. The number of rotatable bonds is 8. The number of para-hydroxylation sites is 2. The van der Waals surface area contributed by atoms with Crippen molar-refractivity contribution in [1.82, 2.24) is 4.98 Å². The number of benzene rings is 3. The molecule has 4 aromatic rings. The maximum atomic E-state index is 13.7. The number of amides is 2. The summed E-state index contributed by atoms with van der Waals surface area (Å²) in [4.78, 5) is 31.4. The fourth-order valence-electron chi connectivity index (χ4n) is 4.95. The molecule has 1 aliphatic heterocycles. The van der Waals surface area contributed by atoms with Crippen molar-refractivity contribution in [3.63, 3.8) is 0 Å². The van der Waals surface area contributed by atoms with Crippen LogP contribution in [-0.2, 0) is 21.6 Å². The monoisotopic (exact) mass is 495 g/mol. The lowest BCUT2D eigenvalue weighted by Crippen LogP contribution is -2.42. The van der Waals surface area contributed by atoms with Crippen LogP contribution in [0.5, 0.6) is 0 Å². The van der Waals surface area contributed by atoms with E-state index in [4.69, 9.17) is 5.11 Å². The van der Waals surface area contributed by atoms with Crippen molar-refractivity contribution in [3.8, 4) is 0 Å². The summed E-state index contributed by atoms with van der Waals surface area (Å²) >= 11 is 0. The zero-order chi connectivity index (χ0) is 26.0. The number of aliphatic hydroxyl groups excluding tert-OH is 1. The van der Waals surface area contributed by atoms with Crippen molar-refractivity contribution in [1.29, 1.82) is 0 Å². The van der Waals surface area contributed by atoms with Crippen molar-refractivity contribution < 1.29 is 19.8 Å². The van der Waals surface area contributed by atoms with E-state index in [1.807, 2.05) is 60.8 Å². The van der Waals surface area contributed by atoms with Gasteiger partial charge >= 0.3 is 0 Å². The largest absolute Gasteiger partial charge is 0.396 e. The van der Waals surface area contributed by atoms with Gasteiger partial charge in [-0.1, -0.05) is 55.5 Å². The third kappa shape index (κ3) is 4.43. The zero-order valence-corrected chi connectivity index (χ0v) is 20.5. The van der Waals surface area contributed by atoms with E-state index in [0.717, 1.165) is 16.5 Å². The predicted octanol–water partition coefficient (Wildman–Crippen LogP) is 4.79. The molecule has 2 heterocycles. The van der Waals surface area contributed by atoms with E-state index in [2.05, 4.69) is 10.3 Å². The summed E-state index contributed by atoms with van der Waals surface area (Å²) < 4.78 is 0. The molecule has 0 fully saturated rings. The van der Waals surface area contributed by atoms with Gasteiger partial charge in [-0.15, -0.1) is 0 Å². The second-order valence-electron chi connectivity index (χ2n) is 9.29. The van der Waals surface area contributed by atoms with Gasteiger partial charge in [-0.05, 0) is 48.4 Å². The summed E-state index contributed by atoms with van der Waals surface area (Å²) in [6.07, 6.45) is 5.94. The molecular weight excluding hydrogens is 466 g/mol. The summed E-state index contributed by atoms with van der Waals surface area (Å²) in [6, 6.07) is 22.2. The lowest BCUT2D eigenvalue weighted by atomic mass is 9.82. The van der Waals surface area contributed by atoms with Crippen molar-refractivity contribution in [2.24, 2.45) is 5.92 Å². The molecule has 1 aliphatic rings. The average molecular weight is 496 g/mol. The van der Waals surface area contributed by atoms with Crippen molar-refractivity contribution >= 4 is 39.8 Å². The number of aliphatic hydroxyl groups is 2. The number of fused-ring (bicyclic) bond motifs is 2. The lowest BCUT2D eigenvalue weighted by Gasteiger charge is -2.27. The number of aromatic nitrogens is 1. The Morgan fingerprint density at radius 1 is 1.11 bits per heavy atom. The van der Waals surface area contributed by atoms with Crippen molar-refractivity contribution in [3.05, 3.63) is 102 Å². The zero-order valence-electron chi connectivity index (χ0n) is 20.5. The Morgan fingerprint density at radius 2 is 1.86 bits per heavy atom. The molecule has 5 rings (SSSR count). The van der Waals surface area contributed by atoms with Gasteiger partial charge in [0, 0.05) is 46.6 Å². The first-order valence-corrected chi connectivity index (χ1v) is 12.3. The van der Waals surface area contributed by atoms with E-state index in [9.17, 15) is 14.7 Å². The Morgan fingerprint density at radius 3 is 2.65 bits per heavy atom. The van der Waals surface area contributed by atoms with E-state index in [1.165, 1.54) is 4.90 Å². The molecule has 0 radical (unpaired) electrons. The summed E-state index contributed by atoms with van der Waals surface area (Å²) in [5.74, 6) is -1.23. The molecule has 1 aromatic heterocycles. The number of anilines is 3. The lowest BCUT2D eigenvalue weighted by molar-refractivity contribution is -0.138. The number of H-pyrrole nitrogens is 1. The smallest absolute Gasteiger partial charge is 0.268 e. The maximum absolute atomic E-state index is 13.7. The number of nitrogens with zero attached hydrogens (tertiary/aromatic N) is 1. The number of hydrogen-bond donors (Lipinski definition) is 4. The molecule has 0 aliphatic carbocycles. The first kappa shape index (κ1) is 24.5. The van der Waals surface area contributed by atoms with Gasteiger partial charge in [-0.3, -0.25) is 14.5 Å². The second-order valence-corrected chi connectivity index (χ2v) is 9.29. The van der Waals surface area contributed by atoms with E-state index >= 15 is 0 Å². The fraction of sp³-hybridized carbons (Fsp3) is 0.200. The molecule has 0 unspecified atom stereocenters. The number of hydrogen-bond acceptors (Lipinski definition) is 4. The van der Waals surface area contributed by atoms with Gasteiger partial charge in [0.2, 0.25) is 5.91 Å². The molecule has 2 atom stereocenters. The minimum Gasteiger partial charge on any atom is -0.396 e. The Bertz CT molecular complexity index is 1480. The predicted molar refractivity (Wildman–Crippen MR) is 145 cm³/mol. The van der Waals surface area contributed by atoms with Crippen LogP contribution in [-0.4, -0.2) is 33.6 Å². The van der Waals surface area contributed by atoms with Crippen LogP contribution in [0.4, 0.5) is 17.1 Å². The van der Waals surface area contributed by atoms with Gasteiger partial charge < -0.3 is 20.5 Å². The summed E-state index contributed by atoms with van der Waals surface area (Å²) in [5, 5.41) is 24.9. The average Bonchev–Trinajstić information content (AvgIpc) is 3.41. The minimum absolute atomic E-state index is 0.0189. The van der Waals surface area contributed by atoms with Gasteiger partial charge in [0.25, 0.3) is 5.91 Å². The van der Waals surface area contributed by atoms with E-state index in [-0.39, 0.29) is 18.9 Å². The highest BCUT2D eigenvalue weighted by molar-refractivity contribution is 6.12. The molecule has 0 saturated carbocycles. The van der Waals surface area contributed by atoms with Crippen LogP contribution in [0.3, 0.4) is 0 Å². The van der Waals surface area contributed by atoms with E-state index in [0.29, 0.717) is 29.0 Å². The summed E-state index contributed by atoms with van der Waals surface area (Å²) in [7, 11) is 0. The normalized spacial score (nSPS) is 17.9. The molecule has 0 spiro atoms. The molecule has 0 saturated heterocycles. The first-order valence-electron chi connectivity index (χ1n) is 12.3. The second kappa shape index (κ2) is 10.0. The first-order chi connectivity index (χ1) is 17.9. The van der Waals surface area contributed by atoms with Gasteiger partial charge in [-0.2, -0.15) is 0 Å². The maximum Gasteiger partial charge on any atom is 0.268 e. The molecule has 37 heavy (non-hydrogen) atoms. The van der Waals surface area contributed by atoms with Crippen LogP contribution < -0.4 is 10.2 Å². The van der Waals surface area contributed by atoms with Crippen LogP contribution in [0.15, 0.2) is 91.1 Å². The molecule has 2 amide bonds. The number of carbonyl (C=O) groups excluding carboxylic acids is 2. The van der Waals surface area contributed by atoms with E-state index < -0.39 is 17.4 Å². The van der Waals surface area contributed by atoms with Crippen LogP contribution in [0.2, 0.25) is 0 Å². The third-order valence-corrected chi connectivity index (χ3v) is 6.88. The summed E-state index contributed by atoms with van der Waals surface area (Å²) in [5.41, 5.74) is 2.15. The van der Waals surface area contributed by atoms with E-state index in [1.54, 1.807) is 37.3 Å². The molecule has 0 bridgehead atoms. The molecular formula is C30H29N3O4. The molecule has 7 nitrogen and oxygen atoms in total. The van der Waals surface area contributed by atoms with Crippen LogP contribution in [0, 0.1) is 5.92 Å². The molecule has 7 heteroatoms. The van der Waals surface area contributed by atoms with Gasteiger partial charge in [0.15, 0.2) is 5.60 Å². The van der Waals surface area contributed by atoms with Gasteiger partial charge in [0.1, 0.15) is 0 Å². The topological polar surface area (TPSA) is 106 Å². The van der Waals surface area contributed by atoms with Gasteiger partial charge in [0.05, 0.1) is 12.1 Å². The number of aromatic amines is 1. The quantitative estimate of drug-likeness (QED) is 0.264. The number of carbonyl (C=O) groups is 2. The highest BCUT2D eigenvalue weighted by Crippen LogP contribution is 2.49. The standard InChI is InChI=1S/C30H29N3O4/c1-20(9-7-8-16-34)30(37)25-18-22(14-15-27(25)33(29(30)36)23-10-3-2-4-11-23)32-28(35)17-21-19-31-26-13-6-5-12-24(21)26/h2-7,9-15,18-20,31,34,37H,8,16-17H2,1H3,(H,32,35)/b9-7+/t20-,30+/m1/s1. The highest BCUT2D eigenvalue weighted by Gasteiger charge is 2.53. The molecule has 188 valence electrons. The van der Waals surface area contributed by atoms with Crippen LogP contribution in [0.25, 0.3) is 10.9 Å². The fourth-order valence-corrected chi connectivity index (χ4v) is 4.95. The third-order valence-electron chi connectivity index (χ3n) is 6.88. The Labute approximate surface area is 215 Å². The van der Waals surface area contributed by atoms with Crippen molar-refractivity contribution in [2.45, 2.75) is 25.4 Å².